The van der Waals surface area contributed by atoms with Crippen molar-refractivity contribution in [2.75, 3.05) is 11.1 Å². The van der Waals surface area contributed by atoms with Crippen molar-refractivity contribution in [1.29, 1.82) is 0 Å². The van der Waals surface area contributed by atoms with Crippen LogP contribution in [0.15, 0.2) is 28.8 Å². The number of nitrogens with zero attached hydrogens (tertiary/aromatic N) is 1. The zero-order chi connectivity index (χ0) is 12.4. The van der Waals surface area contributed by atoms with Gasteiger partial charge in [-0.1, -0.05) is 5.16 Å². The van der Waals surface area contributed by atoms with Gasteiger partial charge in [0, 0.05) is 11.8 Å². The number of hydrogen-bond donors (Lipinski definition) is 2. The molecule has 2 rings (SSSR count). The van der Waals surface area contributed by atoms with Crippen LogP contribution in [0.5, 0.6) is 0 Å². The number of rotatable bonds is 2. The van der Waals surface area contributed by atoms with Crippen LogP contribution in [0.1, 0.15) is 16.2 Å². The topological polar surface area (TPSA) is 81.2 Å². The SMILES string of the molecule is Cc1cc(C(=O)Nc2ccc(F)c(N)c2)no1. The molecule has 3 N–H and O–H groups in total. The van der Waals surface area contributed by atoms with Gasteiger partial charge in [-0.25, -0.2) is 4.39 Å². The van der Waals surface area contributed by atoms with Gasteiger partial charge in [0.15, 0.2) is 5.69 Å². The third-order valence-corrected chi connectivity index (χ3v) is 2.11. The average molecular weight is 235 g/mol. The molecule has 0 aliphatic heterocycles. The number of hydrogen-bond acceptors (Lipinski definition) is 4. The molecule has 6 heteroatoms. The van der Waals surface area contributed by atoms with Crippen LogP contribution >= 0.6 is 0 Å². The number of anilines is 2. The van der Waals surface area contributed by atoms with E-state index < -0.39 is 11.7 Å². The van der Waals surface area contributed by atoms with Crippen LogP contribution in [0.4, 0.5) is 15.8 Å². The second-order valence-electron chi connectivity index (χ2n) is 3.51. The molecule has 2 aromatic rings. The summed E-state index contributed by atoms with van der Waals surface area (Å²) in [6.07, 6.45) is 0. The Balaban J connectivity index is 2.15. The van der Waals surface area contributed by atoms with Crippen LogP contribution < -0.4 is 11.1 Å². The van der Waals surface area contributed by atoms with E-state index in [0.717, 1.165) is 0 Å². The Bertz CT molecular complexity index is 566. The van der Waals surface area contributed by atoms with E-state index in [1.165, 1.54) is 24.3 Å². The molecule has 88 valence electrons. The highest BCUT2D eigenvalue weighted by molar-refractivity contribution is 6.03. The molecule has 0 aliphatic rings. The molecule has 0 saturated carbocycles. The number of nitrogens with one attached hydrogen (secondary N) is 1. The van der Waals surface area contributed by atoms with Crippen molar-refractivity contribution in [3.63, 3.8) is 0 Å². The maximum absolute atomic E-state index is 12.9. The predicted octanol–water partition coefficient (Wildman–Crippen LogP) is 1.96. The van der Waals surface area contributed by atoms with Crippen molar-refractivity contribution in [3.05, 3.63) is 41.5 Å². The van der Waals surface area contributed by atoms with E-state index in [0.29, 0.717) is 11.4 Å². The fraction of sp³-hybridized carbons (Fsp3) is 0.0909. The second kappa shape index (κ2) is 4.25. The minimum absolute atomic E-state index is 0.0286. The molecular weight excluding hydrogens is 225 g/mol. The summed E-state index contributed by atoms with van der Waals surface area (Å²) in [5.41, 5.74) is 5.91. The number of nitrogen functional groups attached to an aromatic ring is 1. The van der Waals surface area contributed by atoms with Crippen molar-refractivity contribution < 1.29 is 13.7 Å². The largest absolute Gasteiger partial charge is 0.396 e. The number of carbonyl (C=O) groups is 1. The maximum Gasteiger partial charge on any atom is 0.277 e. The number of carbonyl (C=O) groups excluding carboxylic acids is 1. The lowest BCUT2D eigenvalue weighted by atomic mass is 10.2. The third-order valence-electron chi connectivity index (χ3n) is 2.11. The molecule has 0 saturated heterocycles. The predicted molar refractivity (Wildman–Crippen MR) is 60.0 cm³/mol. The molecule has 0 atom stereocenters. The molecule has 0 unspecified atom stereocenters. The van der Waals surface area contributed by atoms with Crippen molar-refractivity contribution in [3.8, 4) is 0 Å². The number of halogens is 1. The lowest BCUT2D eigenvalue weighted by Gasteiger charge is -2.04. The van der Waals surface area contributed by atoms with E-state index in [9.17, 15) is 9.18 Å². The van der Waals surface area contributed by atoms with Gasteiger partial charge in [-0.15, -0.1) is 0 Å². The Labute approximate surface area is 96.4 Å². The quantitative estimate of drug-likeness (QED) is 0.779. The van der Waals surface area contributed by atoms with Gasteiger partial charge in [0.2, 0.25) is 0 Å². The number of benzene rings is 1. The van der Waals surface area contributed by atoms with Crippen molar-refractivity contribution in [1.82, 2.24) is 5.16 Å². The van der Waals surface area contributed by atoms with Gasteiger partial charge in [0.05, 0.1) is 5.69 Å². The van der Waals surface area contributed by atoms with Gasteiger partial charge >= 0.3 is 0 Å². The summed E-state index contributed by atoms with van der Waals surface area (Å²) >= 11 is 0. The summed E-state index contributed by atoms with van der Waals surface area (Å²) in [5.74, 6) is -0.429. The van der Waals surface area contributed by atoms with Gasteiger partial charge in [-0.2, -0.15) is 0 Å². The number of amides is 1. The van der Waals surface area contributed by atoms with Crippen molar-refractivity contribution in [2.24, 2.45) is 0 Å². The first kappa shape index (κ1) is 11.1. The normalized spacial score (nSPS) is 10.2. The van der Waals surface area contributed by atoms with E-state index in [-0.39, 0.29) is 11.4 Å². The molecule has 1 aromatic carbocycles. The Morgan fingerprint density at radius 1 is 1.47 bits per heavy atom. The molecule has 5 nitrogen and oxygen atoms in total. The molecule has 1 heterocycles. The van der Waals surface area contributed by atoms with E-state index >= 15 is 0 Å². The molecule has 0 fully saturated rings. The zero-order valence-electron chi connectivity index (χ0n) is 9.03. The van der Waals surface area contributed by atoms with E-state index in [4.69, 9.17) is 10.3 Å². The smallest absolute Gasteiger partial charge is 0.277 e. The summed E-state index contributed by atoms with van der Waals surface area (Å²) in [5, 5.41) is 6.09. The van der Waals surface area contributed by atoms with E-state index in [2.05, 4.69) is 10.5 Å². The minimum atomic E-state index is -0.528. The first-order chi connectivity index (χ1) is 8.06. The third kappa shape index (κ3) is 2.41. The fourth-order valence-corrected chi connectivity index (χ4v) is 1.29. The molecule has 17 heavy (non-hydrogen) atoms. The van der Waals surface area contributed by atoms with Crippen LogP contribution in [-0.2, 0) is 0 Å². The first-order valence-corrected chi connectivity index (χ1v) is 4.86. The van der Waals surface area contributed by atoms with Gasteiger partial charge in [-0.05, 0) is 25.1 Å². The molecular formula is C11H10FN3O2. The molecule has 0 radical (unpaired) electrons. The molecule has 1 amide bonds. The van der Waals surface area contributed by atoms with Crippen LogP contribution in [0.2, 0.25) is 0 Å². The average Bonchev–Trinajstić information content (AvgIpc) is 2.70. The van der Waals surface area contributed by atoms with Gasteiger partial charge in [0.25, 0.3) is 5.91 Å². The number of nitrogens with two attached hydrogens (primary N) is 1. The van der Waals surface area contributed by atoms with Crippen LogP contribution in [-0.4, -0.2) is 11.1 Å². The molecule has 0 aliphatic carbocycles. The summed E-state index contributed by atoms with van der Waals surface area (Å²) < 4.78 is 17.7. The first-order valence-electron chi connectivity index (χ1n) is 4.86. The lowest BCUT2D eigenvalue weighted by Crippen LogP contribution is -2.12. The van der Waals surface area contributed by atoms with Crippen LogP contribution in [0, 0.1) is 12.7 Å². The standard InChI is InChI=1S/C11H10FN3O2/c1-6-4-10(15-17-6)11(16)14-7-2-3-8(12)9(13)5-7/h2-5H,13H2,1H3,(H,14,16). The Kier molecular flexibility index (Phi) is 2.78. The Morgan fingerprint density at radius 3 is 2.82 bits per heavy atom. The van der Waals surface area contributed by atoms with Gasteiger partial charge < -0.3 is 15.6 Å². The van der Waals surface area contributed by atoms with E-state index in [1.807, 2.05) is 0 Å². The van der Waals surface area contributed by atoms with Gasteiger partial charge in [0.1, 0.15) is 11.6 Å². The fourth-order valence-electron chi connectivity index (χ4n) is 1.29. The van der Waals surface area contributed by atoms with Crippen LogP contribution in [0.3, 0.4) is 0 Å². The summed E-state index contributed by atoms with van der Waals surface area (Å²) in [7, 11) is 0. The molecule has 1 aromatic heterocycles. The highest BCUT2D eigenvalue weighted by Crippen LogP contribution is 2.17. The van der Waals surface area contributed by atoms with E-state index in [1.54, 1.807) is 6.92 Å². The number of aromatic nitrogens is 1. The Morgan fingerprint density at radius 2 is 2.24 bits per heavy atom. The number of aryl methyl sites for hydroxylation is 1. The highest BCUT2D eigenvalue weighted by Gasteiger charge is 2.11. The Hall–Kier alpha value is -2.37. The van der Waals surface area contributed by atoms with Crippen molar-refractivity contribution >= 4 is 17.3 Å². The van der Waals surface area contributed by atoms with Crippen LogP contribution in [0.25, 0.3) is 0 Å². The molecule has 0 spiro atoms. The van der Waals surface area contributed by atoms with Gasteiger partial charge in [-0.3, -0.25) is 4.79 Å². The summed E-state index contributed by atoms with van der Waals surface area (Å²) in [6, 6.07) is 5.43. The maximum atomic E-state index is 12.9. The molecule has 0 bridgehead atoms. The monoisotopic (exact) mass is 235 g/mol. The lowest BCUT2D eigenvalue weighted by molar-refractivity contribution is 0.101. The van der Waals surface area contributed by atoms with Crippen molar-refractivity contribution in [2.45, 2.75) is 6.92 Å². The minimum Gasteiger partial charge on any atom is -0.396 e. The summed E-state index contributed by atoms with van der Waals surface area (Å²) in [6.45, 7) is 1.68. The summed E-state index contributed by atoms with van der Waals surface area (Å²) in [4.78, 5) is 11.7. The zero-order valence-corrected chi connectivity index (χ0v) is 9.03. The highest BCUT2D eigenvalue weighted by atomic mass is 19.1. The second-order valence-corrected chi connectivity index (χ2v) is 3.51.